The van der Waals surface area contributed by atoms with Crippen LogP contribution < -0.4 is 10.5 Å². The molecule has 3 aliphatic rings. The van der Waals surface area contributed by atoms with Crippen molar-refractivity contribution in [1.29, 1.82) is 0 Å². The number of nitrogens with one attached hydrogen (secondary N) is 1. The van der Waals surface area contributed by atoms with Crippen molar-refractivity contribution >= 4 is 33.2 Å². The van der Waals surface area contributed by atoms with Gasteiger partial charge >= 0.3 is 0 Å². The highest BCUT2D eigenvalue weighted by atomic mass is 32.2. The second kappa shape index (κ2) is 9.25. The molecule has 0 saturated carbocycles. The summed E-state index contributed by atoms with van der Waals surface area (Å²) in [7, 11) is -3.44. The molecule has 3 atom stereocenters. The van der Waals surface area contributed by atoms with E-state index in [9.17, 15) is 43.2 Å². The van der Waals surface area contributed by atoms with E-state index in [0.29, 0.717) is 22.4 Å². The summed E-state index contributed by atoms with van der Waals surface area (Å²) in [6.45, 7) is 0. The number of carbonyl (C=O) groups is 3. The number of hydrogen-bond acceptors (Lipinski definition) is 9. The van der Waals surface area contributed by atoms with Gasteiger partial charge in [0.2, 0.25) is 15.8 Å². The van der Waals surface area contributed by atoms with Gasteiger partial charge in [0.25, 0.3) is 5.91 Å². The highest BCUT2D eigenvalue weighted by molar-refractivity contribution is 7.92. The Hall–Kier alpha value is -4.60. The smallest absolute Gasteiger partial charge is 0.255 e. The van der Waals surface area contributed by atoms with Crippen LogP contribution >= 0.6 is 0 Å². The fourth-order valence-corrected chi connectivity index (χ4v) is 6.28. The van der Waals surface area contributed by atoms with Gasteiger partial charge in [0, 0.05) is 34.7 Å². The van der Waals surface area contributed by atoms with E-state index in [1.165, 1.54) is 6.07 Å². The zero-order valence-corrected chi connectivity index (χ0v) is 21.9. The van der Waals surface area contributed by atoms with E-state index in [1.54, 1.807) is 30.3 Å². The molecule has 12 heteroatoms. The maximum absolute atomic E-state index is 13.6. The molecule has 3 aliphatic carbocycles. The van der Waals surface area contributed by atoms with Gasteiger partial charge in [0.1, 0.15) is 22.8 Å². The lowest BCUT2D eigenvalue weighted by Gasteiger charge is -2.45. The number of nitrogens with two attached hydrogens (primary N) is 1. The normalized spacial score (nSPS) is 23.9. The number of allylic oxidation sites excluding steroid dienone is 2. The average molecular weight is 565 g/mol. The van der Waals surface area contributed by atoms with Crippen LogP contribution in [0.4, 0.5) is 5.69 Å². The van der Waals surface area contributed by atoms with E-state index in [4.69, 9.17) is 5.73 Å². The van der Waals surface area contributed by atoms with Crippen molar-refractivity contribution < 1.29 is 43.2 Å². The van der Waals surface area contributed by atoms with Crippen LogP contribution in [-0.2, 0) is 26.0 Å². The third kappa shape index (κ3) is 4.29. The molecule has 0 aromatic heterocycles. The standard InChI is InChI=1S/C28H24N2O9S/c1-40(38,39)30-17-7-3-13(4-8-17)2-5-14-6-9-19(31)22-18(14)11-15-10-16-12-20(32)23(27(29)36)26(35)28(16,37)25(34)21(15)24(22)33/h3-4,6-9,15-16,30-32,34,37H,10-12H2,1H3,(H2,29,36)/t15-,16+,28+/m1/s1. The monoisotopic (exact) mass is 564 g/mol. The van der Waals surface area contributed by atoms with Crippen molar-refractivity contribution in [2.45, 2.75) is 24.9 Å². The molecule has 11 nitrogen and oxygen atoms in total. The van der Waals surface area contributed by atoms with E-state index in [2.05, 4.69) is 16.6 Å². The van der Waals surface area contributed by atoms with Crippen molar-refractivity contribution in [1.82, 2.24) is 0 Å². The summed E-state index contributed by atoms with van der Waals surface area (Å²) < 4.78 is 25.2. The number of fused-ring (bicyclic) bond motifs is 3. The van der Waals surface area contributed by atoms with Crippen LogP contribution in [0, 0.1) is 23.7 Å². The lowest BCUT2D eigenvalue weighted by Crippen LogP contribution is -2.57. The third-order valence-electron chi connectivity index (χ3n) is 7.47. The van der Waals surface area contributed by atoms with Crippen LogP contribution in [-0.4, -0.2) is 58.2 Å². The lowest BCUT2D eigenvalue weighted by molar-refractivity contribution is -0.144. The number of rotatable bonds is 3. The highest BCUT2D eigenvalue weighted by Gasteiger charge is 2.59. The first-order valence-corrected chi connectivity index (χ1v) is 14.0. The zero-order valence-electron chi connectivity index (χ0n) is 21.1. The number of phenolic OH excluding ortho intramolecular Hbond substituents is 1. The van der Waals surface area contributed by atoms with Gasteiger partial charge < -0.3 is 26.2 Å². The zero-order chi connectivity index (χ0) is 29.1. The Bertz CT molecular complexity index is 1740. The number of anilines is 1. The number of primary amides is 1. The summed E-state index contributed by atoms with van der Waals surface area (Å²) in [5, 5.41) is 43.3. The molecule has 0 radical (unpaired) electrons. The molecule has 5 rings (SSSR count). The molecule has 206 valence electrons. The summed E-state index contributed by atoms with van der Waals surface area (Å²) in [6, 6.07) is 9.13. The van der Waals surface area contributed by atoms with E-state index >= 15 is 0 Å². The van der Waals surface area contributed by atoms with E-state index in [0.717, 1.165) is 6.26 Å². The summed E-state index contributed by atoms with van der Waals surface area (Å²) in [4.78, 5) is 38.4. The summed E-state index contributed by atoms with van der Waals surface area (Å²) >= 11 is 0. The van der Waals surface area contributed by atoms with Gasteiger partial charge in [-0.05, 0) is 60.7 Å². The van der Waals surface area contributed by atoms with Gasteiger partial charge in [0.05, 0.1) is 11.8 Å². The minimum Gasteiger partial charge on any atom is -0.511 e. The SMILES string of the molecule is CS(=O)(=O)Nc1ccc(C#Cc2ccc(O)c3c2C[C@H]2C[C@H]4CC(O)=C(C(N)=O)C(=O)[C@@]4(O)C(O)=C2C3=O)cc1. The number of aliphatic hydroxyl groups excluding tert-OH is 2. The van der Waals surface area contributed by atoms with Gasteiger partial charge in [-0.2, -0.15) is 0 Å². The number of carbonyl (C=O) groups excluding carboxylic acids is 3. The summed E-state index contributed by atoms with van der Waals surface area (Å²) in [6.07, 6.45) is 0.865. The van der Waals surface area contributed by atoms with Gasteiger partial charge in [-0.1, -0.05) is 11.8 Å². The average Bonchev–Trinajstić information content (AvgIpc) is 2.85. The molecule has 0 fully saturated rings. The van der Waals surface area contributed by atoms with E-state index in [-0.39, 0.29) is 36.1 Å². The Morgan fingerprint density at radius 3 is 2.35 bits per heavy atom. The van der Waals surface area contributed by atoms with Crippen LogP contribution in [0.2, 0.25) is 0 Å². The predicted molar refractivity (Wildman–Crippen MR) is 142 cm³/mol. The number of aromatic hydroxyl groups is 1. The summed E-state index contributed by atoms with van der Waals surface area (Å²) in [5.74, 6) is -1.01. The van der Waals surface area contributed by atoms with Crippen LogP contribution in [0.3, 0.4) is 0 Å². The number of sulfonamides is 1. The third-order valence-corrected chi connectivity index (χ3v) is 8.08. The second-order valence-corrected chi connectivity index (χ2v) is 11.8. The predicted octanol–water partition coefficient (Wildman–Crippen LogP) is 1.35. The summed E-state index contributed by atoms with van der Waals surface area (Å²) in [5.41, 5.74) is 3.14. The Kier molecular flexibility index (Phi) is 6.24. The molecule has 40 heavy (non-hydrogen) atoms. The maximum Gasteiger partial charge on any atom is 0.255 e. The number of Topliss-reactive ketones (excluding diaryl/α,β-unsaturated/α-hetero) is 2. The number of hydrogen-bond donors (Lipinski definition) is 6. The lowest BCUT2D eigenvalue weighted by atomic mass is 9.60. The van der Waals surface area contributed by atoms with Crippen LogP contribution in [0.5, 0.6) is 5.75 Å². The molecule has 7 N–H and O–H groups in total. The second-order valence-electron chi connectivity index (χ2n) is 10.1. The topological polar surface area (TPSA) is 204 Å². The Balaban J connectivity index is 1.54. The molecule has 2 aromatic rings. The molecule has 2 aromatic carbocycles. The first-order valence-electron chi connectivity index (χ1n) is 12.1. The fourth-order valence-electron chi connectivity index (χ4n) is 5.71. The van der Waals surface area contributed by atoms with Gasteiger partial charge in [-0.15, -0.1) is 0 Å². The minimum atomic E-state index is -3.44. The van der Waals surface area contributed by atoms with Gasteiger partial charge in [-0.25, -0.2) is 8.42 Å². The number of ketones is 2. The first kappa shape index (κ1) is 27.0. The molecule has 0 saturated heterocycles. The Labute approximate surface area is 228 Å². The van der Waals surface area contributed by atoms with Gasteiger partial charge in [0.15, 0.2) is 11.4 Å². The highest BCUT2D eigenvalue weighted by Crippen LogP contribution is 2.51. The van der Waals surface area contributed by atoms with Crippen LogP contribution in [0.25, 0.3) is 0 Å². The fraction of sp³-hybridized carbons (Fsp3) is 0.250. The molecule has 0 heterocycles. The number of aliphatic hydroxyl groups is 3. The molecular weight excluding hydrogens is 540 g/mol. The van der Waals surface area contributed by atoms with E-state index in [1.807, 2.05) is 0 Å². The van der Waals surface area contributed by atoms with E-state index < -0.39 is 62.0 Å². The maximum atomic E-state index is 13.6. The molecular formula is C28H24N2O9S. The van der Waals surface area contributed by atoms with Crippen molar-refractivity contribution in [2.75, 3.05) is 11.0 Å². The minimum absolute atomic E-state index is 0.0141. The number of phenols is 1. The Morgan fingerprint density at radius 2 is 1.73 bits per heavy atom. The molecule has 1 amide bonds. The van der Waals surface area contributed by atoms with Crippen molar-refractivity contribution in [3.05, 3.63) is 81.3 Å². The Morgan fingerprint density at radius 1 is 1.05 bits per heavy atom. The van der Waals surface area contributed by atoms with Crippen molar-refractivity contribution in [3.63, 3.8) is 0 Å². The molecule has 0 unspecified atom stereocenters. The van der Waals surface area contributed by atoms with Crippen molar-refractivity contribution in [3.8, 4) is 17.6 Å². The largest absolute Gasteiger partial charge is 0.511 e. The quantitative estimate of drug-likeness (QED) is 0.235. The van der Waals surface area contributed by atoms with Crippen LogP contribution in [0.1, 0.15) is 39.9 Å². The number of amides is 1. The molecule has 0 spiro atoms. The molecule has 0 bridgehead atoms. The first-order chi connectivity index (χ1) is 18.7. The molecule has 0 aliphatic heterocycles. The van der Waals surface area contributed by atoms with Gasteiger partial charge in [-0.3, -0.25) is 19.1 Å². The van der Waals surface area contributed by atoms with Crippen molar-refractivity contribution in [2.24, 2.45) is 17.6 Å². The van der Waals surface area contributed by atoms with Crippen LogP contribution in [0.15, 0.2) is 59.1 Å². The number of benzene rings is 2.